The number of carbonyl (C=O) groups is 1. The van der Waals surface area contributed by atoms with Gasteiger partial charge >= 0.3 is 5.97 Å². The fourth-order valence-corrected chi connectivity index (χ4v) is 3.60. The monoisotopic (exact) mass is 416 g/mol. The lowest BCUT2D eigenvalue weighted by Gasteiger charge is -2.11. The standard InChI is InChI=1S/C20H10Cl2O4S/c21-11-7-8-15-13(10-11)17(23)19(26-20(24)16-6-3-9-27-16)18(25-15)12-4-1-2-5-14(12)22/h1-10H. The third-order valence-electron chi connectivity index (χ3n) is 3.85. The molecular weight excluding hydrogens is 407 g/mol. The molecule has 0 aliphatic carbocycles. The number of carbonyl (C=O) groups excluding carboxylic acids is 1. The van der Waals surface area contributed by atoms with E-state index in [1.54, 1.807) is 53.9 Å². The fraction of sp³-hybridized carbons (Fsp3) is 0. The molecule has 27 heavy (non-hydrogen) atoms. The van der Waals surface area contributed by atoms with Crippen molar-refractivity contribution in [3.05, 3.63) is 85.1 Å². The van der Waals surface area contributed by atoms with Crippen LogP contribution in [-0.4, -0.2) is 5.97 Å². The number of ether oxygens (including phenoxy) is 1. The van der Waals surface area contributed by atoms with E-state index in [0.29, 0.717) is 26.1 Å². The molecule has 2 aromatic heterocycles. The number of fused-ring (bicyclic) bond motifs is 1. The van der Waals surface area contributed by atoms with Crippen molar-refractivity contribution in [2.45, 2.75) is 0 Å². The van der Waals surface area contributed by atoms with E-state index in [2.05, 4.69) is 0 Å². The van der Waals surface area contributed by atoms with Crippen molar-refractivity contribution in [1.82, 2.24) is 0 Å². The molecule has 134 valence electrons. The average molecular weight is 417 g/mol. The van der Waals surface area contributed by atoms with Crippen molar-refractivity contribution in [3.8, 4) is 17.1 Å². The van der Waals surface area contributed by atoms with Gasteiger partial charge in [0.15, 0.2) is 5.76 Å². The molecule has 0 aliphatic heterocycles. The van der Waals surface area contributed by atoms with Gasteiger partial charge in [-0.1, -0.05) is 41.4 Å². The Balaban J connectivity index is 1.97. The van der Waals surface area contributed by atoms with Gasteiger partial charge in [-0.2, -0.15) is 0 Å². The van der Waals surface area contributed by atoms with Crippen LogP contribution in [-0.2, 0) is 0 Å². The minimum Gasteiger partial charge on any atom is -0.452 e. The van der Waals surface area contributed by atoms with Crippen LogP contribution < -0.4 is 10.2 Å². The summed E-state index contributed by atoms with van der Waals surface area (Å²) in [5.74, 6) is -0.784. The molecule has 7 heteroatoms. The van der Waals surface area contributed by atoms with Crippen LogP contribution in [0.3, 0.4) is 0 Å². The summed E-state index contributed by atoms with van der Waals surface area (Å²) in [5, 5.41) is 2.69. The van der Waals surface area contributed by atoms with Gasteiger partial charge in [0.25, 0.3) is 0 Å². The molecule has 0 saturated heterocycles. The number of hydrogen-bond acceptors (Lipinski definition) is 5. The molecule has 0 atom stereocenters. The lowest BCUT2D eigenvalue weighted by atomic mass is 10.1. The summed E-state index contributed by atoms with van der Waals surface area (Å²) in [4.78, 5) is 25.9. The highest BCUT2D eigenvalue weighted by Crippen LogP contribution is 2.36. The Morgan fingerprint density at radius 1 is 1.04 bits per heavy atom. The van der Waals surface area contributed by atoms with Crippen LogP contribution in [0.1, 0.15) is 9.67 Å². The van der Waals surface area contributed by atoms with Crippen LogP contribution in [0.25, 0.3) is 22.3 Å². The van der Waals surface area contributed by atoms with E-state index in [1.807, 2.05) is 0 Å². The van der Waals surface area contributed by atoms with Gasteiger partial charge in [0.2, 0.25) is 11.2 Å². The third-order valence-corrected chi connectivity index (χ3v) is 5.26. The first-order valence-electron chi connectivity index (χ1n) is 7.81. The van der Waals surface area contributed by atoms with Gasteiger partial charge in [0, 0.05) is 10.6 Å². The van der Waals surface area contributed by atoms with E-state index in [0.717, 1.165) is 0 Å². The SMILES string of the molecule is O=C(Oc1c(-c2ccccc2Cl)oc2ccc(Cl)cc2c1=O)c1cccs1. The Morgan fingerprint density at radius 2 is 1.85 bits per heavy atom. The van der Waals surface area contributed by atoms with Crippen molar-refractivity contribution in [1.29, 1.82) is 0 Å². The topological polar surface area (TPSA) is 56.5 Å². The van der Waals surface area contributed by atoms with E-state index >= 15 is 0 Å². The molecule has 0 fully saturated rings. The summed E-state index contributed by atoms with van der Waals surface area (Å²) in [5.41, 5.74) is 0.260. The Hall–Kier alpha value is -2.60. The molecule has 2 heterocycles. The number of esters is 1. The summed E-state index contributed by atoms with van der Waals surface area (Å²) in [7, 11) is 0. The van der Waals surface area contributed by atoms with Gasteiger partial charge < -0.3 is 9.15 Å². The highest BCUT2D eigenvalue weighted by Gasteiger charge is 2.23. The van der Waals surface area contributed by atoms with Gasteiger partial charge in [0.05, 0.1) is 10.4 Å². The first-order valence-corrected chi connectivity index (χ1v) is 9.45. The van der Waals surface area contributed by atoms with Crippen molar-refractivity contribution < 1.29 is 13.9 Å². The van der Waals surface area contributed by atoms with Crippen LogP contribution in [0.2, 0.25) is 10.0 Å². The molecule has 0 radical (unpaired) electrons. The first-order chi connectivity index (χ1) is 13.0. The molecule has 0 amide bonds. The van der Waals surface area contributed by atoms with Crippen molar-refractivity contribution in [2.24, 2.45) is 0 Å². The second-order valence-corrected chi connectivity index (χ2v) is 7.37. The molecule has 0 spiro atoms. The zero-order chi connectivity index (χ0) is 19.0. The molecule has 0 bridgehead atoms. The quantitative estimate of drug-likeness (QED) is 0.381. The third kappa shape index (κ3) is 3.37. The molecule has 0 N–H and O–H groups in total. The van der Waals surface area contributed by atoms with Crippen LogP contribution >= 0.6 is 34.5 Å². The van der Waals surface area contributed by atoms with Gasteiger partial charge in [-0.25, -0.2) is 4.79 Å². The maximum Gasteiger partial charge on any atom is 0.353 e. The van der Waals surface area contributed by atoms with Crippen LogP contribution in [0.4, 0.5) is 0 Å². The molecular formula is C20H10Cl2O4S. The largest absolute Gasteiger partial charge is 0.452 e. The van der Waals surface area contributed by atoms with E-state index in [1.165, 1.54) is 17.4 Å². The lowest BCUT2D eigenvalue weighted by molar-refractivity contribution is 0.0736. The fourth-order valence-electron chi connectivity index (χ4n) is 2.60. The zero-order valence-corrected chi connectivity index (χ0v) is 15.9. The number of rotatable bonds is 3. The molecule has 0 aliphatic rings. The summed E-state index contributed by atoms with van der Waals surface area (Å²) < 4.78 is 11.3. The first kappa shape index (κ1) is 17.8. The van der Waals surface area contributed by atoms with Crippen LogP contribution in [0, 0.1) is 0 Å². The minimum absolute atomic E-state index is 0.0883. The minimum atomic E-state index is -0.646. The number of benzene rings is 2. The van der Waals surface area contributed by atoms with E-state index in [4.69, 9.17) is 32.4 Å². The predicted molar refractivity (Wildman–Crippen MR) is 107 cm³/mol. The number of thiophene rings is 1. The van der Waals surface area contributed by atoms with Crippen molar-refractivity contribution >= 4 is 51.5 Å². The van der Waals surface area contributed by atoms with Gasteiger partial charge in [-0.15, -0.1) is 11.3 Å². The maximum atomic E-state index is 13.1. The van der Waals surface area contributed by atoms with E-state index in [-0.39, 0.29) is 16.9 Å². The molecule has 0 saturated carbocycles. The van der Waals surface area contributed by atoms with Crippen LogP contribution in [0.15, 0.2) is 69.2 Å². The summed E-state index contributed by atoms with van der Waals surface area (Å²) in [6.45, 7) is 0. The van der Waals surface area contributed by atoms with E-state index in [9.17, 15) is 9.59 Å². The summed E-state index contributed by atoms with van der Waals surface area (Å²) in [6.07, 6.45) is 0. The normalized spacial score (nSPS) is 10.9. The zero-order valence-electron chi connectivity index (χ0n) is 13.6. The van der Waals surface area contributed by atoms with Gasteiger partial charge in [0.1, 0.15) is 10.5 Å². The second-order valence-electron chi connectivity index (χ2n) is 5.58. The van der Waals surface area contributed by atoms with E-state index < -0.39 is 11.4 Å². The smallest absolute Gasteiger partial charge is 0.353 e. The molecule has 4 aromatic rings. The Morgan fingerprint density at radius 3 is 2.59 bits per heavy atom. The highest BCUT2D eigenvalue weighted by atomic mass is 35.5. The summed E-state index contributed by atoms with van der Waals surface area (Å²) in [6, 6.07) is 14.9. The van der Waals surface area contributed by atoms with Gasteiger partial charge in [-0.05, 0) is 41.8 Å². The Labute approximate surface area is 167 Å². The second kappa shape index (κ2) is 7.19. The maximum absolute atomic E-state index is 13.1. The number of hydrogen-bond donors (Lipinski definition) is 0. The highest BCUT2D eigenvalue weighted by molar-refractivity contribution is 7.12. The van der Waals surface area contributed by atoms with Crippen LogP contribution in [0.5, 0.6) is 5.75 Å². The Bertz CT molecular complexity index is 1210. The van der Waals surface area contributed by atoms with Crippen molar-refractivity contribution in [2.75, 3.05) is 0 Å². The van der Waals surface area contributed by atoms with Gasteiger partial charge in [-0.3, -0.25) is 4.79 Å². The predicted octanol–water partition coefficient (Wildman–Crippen LogP) is 6.05. The average Bonchev–Trinajstić information content (AvgIpc) is 3.20. The molecule has 0 unspecified atom stereocenters. The Kier molecular flexibility index (Phi) is 4.74. The summed E-state index contributed by atoms with van der Waals surface area (Å²) >= 11 is 13.5. The molecule has 4 rings (SSSR count). The lowest BCUT2D eigenvalue weighted by Crippen LogP contribution is -2.15. The van der Waals surface area contributed by atoms with Crippen molar-refractivity contribution in [3.63, 3.8) is 0 Å². The molecule has 4 nitrogen and oxygen atoms in total. The number of halogens is 2. The molecule has 2 aromatic carbocycles.